The number of carbonyl (C=O) groups is 3. The molecule has 3 atom stereocenters. The van der Waals surface area contributed by atoms with Crippen LogP contribution in [0.5, 0.6) is 0 Å². The number of fused-ring (bicyclic) bond motifs is 2. The molecule has 0 N–H and O–H groups in total. The van der Waals surface area contributed by atoms with Gasteiger partial charge in [-0.15, -0.1) is 0 Å². The van der Waals surface area contributed by atoms with E-state index in [2.05, 4.69) is 0 Å². The average molecular weight is 489 g/mol. The van der Waals surface area contributed by atoms with Crippen molar-refractivity contribution >= 4 is 46.6 Å². The number of ether oxygens (including phenoxy) is 1. The normalized spacial score (nSPS) is 21.8. The van der Waals surface area contributed by atoms with Crippen LogP contribution in [-0.2, 0) is 25.7 Å². The summed E-state index contributed by atoms with van der Waals surface area (Å²) in [6.07, 6.45) is 1.46. The monoisotopic (exact) mass is 488 g/mol. The predicted molar refractivity (Wildman–Crippen MR) is 118 cm³/mol. The second-order valence-electron chi connectivity index (χ2n) is 7.47. The van der Waals surface area contributed by atoms with Gasteiger partial charge in [-0.3, -0.25) is 23.7 Å². The molecule has 2 aromatic heterocycles. The quantitative estimate of drug-likeness (QED) is 0.402. The first kappa shape index (κ1) is 21.7. The third-order valence-corrected chi connectivity index (χ3v) is 8.18. The van der Waals surface area contributed by atoms with Gasteiger partial charge in [0.25, 0.3) is 0 Å². The third kappa shape index (κ3) is 3.51. The second kappa shape index (κ2) is 8.31. The Labute approximate surface area is 194 Å². The highest BCUT2D eigenvalue weighted by molar-refractivity contribution is 8.00. The summed E-state index contributed by atoms with van der Waals surface area (Å²) in [6, 6.07) is 8.48. The Balaban J connectivity index is 1.61. The number of carbonyl (C=O) groups excluding carboxylic acids is 3. The summed E-state index contributed by atoms with van der Waals surface area (Å²) in [5, 5.41) is -0.393. The molecule has 5 rings (SSSR count). The van der Waals surface area contributed by atoms with E-state index in [1.807, 2.05) is 0 Å². The van der Waals surface area contributed by atoms with Crippen LogP contribution in [0, 0.1) is 11.7 Å². The van der Waals surface area contributed by atoms with E-state index in [1.54, 1.807) is 19.1 Å². The molecule has 33 heavy (non-hydrogen) atoms. The van der Waals surface area contributed by atoms with Crippen molar-refractivity contribution in [2.45, 2.75) is 29.7 Å². The highest BCUT2D eigenvalue weighted by atomic mass is 32.2. The number of thioether (sulfide) groups is 1. The molecular weight excluding hydrogens is 471 g/mol. The highest BCUT2D eigenvalue weighted by Gasteiger charge is 2.57. The number of amides is 2. The Morgan fingerprint density at radius 3 is 2.58 bits per heavy atom. The van der Waals surface area contributed by atoms with Crippen LogP contribution in [0.15, 0.2) is 56.9 Å². The summed E-state index contributed by atoms with van der Waals surface area (Å²) in [5.41, 5.74) is 0.270. The number of hydrogen-bond donors (Lipinski definition) is 0. The number of aromatic nitrogens is 1. The van der Waals surface area contributed by atoms with E-state index in [0.29, 0.717) is 15.7 Å². The maximum absolute atomic E-state index is 13.5. The van der Waals surface area contributed by atoms with Crippen molar-refractivity contribution in [2.75, 3.05) is 11.5 Å². The molecule has 0 aliphatic carbocycles. The Morgan fingerprint density at radius 2 is 1.91 bits per heavy atom. The number of nitrogens with zero attached hydrogens (tertiary/aromatic N) is 2. The molecule has 4 heterocycles. The van der Waals surface area contributed by atoms with E-state index in [4.69, 9.17) is 9.15 Å². The molecule has 1 fully saturated rings. The molecule has 0 bridgehead atoms. The largest absolute Gasteiger partial charge is 0.469 e. The zero-order chi connectivity index (χ0) is 23.3. The maximum atomic E-state index is 13.5. The summed E-state index contributed by atoms with van der Waals surface area (Å²) < 4.78 is 25.3. The van der Waals surface area contributed by atoms with E-state index in [-0.39, 0.29) is 23.7 Å². The SMILES string of the molecule is CCOC(=O)Cn1c2c(sc1=O)C(c1ccco1)C1C(=O)N(c3ccc(F)cc3)C(=O)C1S2. The zero-order valence-electron chi connectivity index (χ0n) is 17.2. The van der Waals surface area contributed by atoms with Crippen molar-refractivity contribution in [3.8, 4) is 0 Å². The zero-order valence-corrected chi connectivity index (χ0v) is 18.9. The summed E-state index contributed by atoms with van der Waals surface area (Å²) in [5.74, 6) is -3.02. The van der Waals surface area contributed by atoms with Crippen molar-refractivity contribution in [1.29, 1.82) is 0 Å². The number of furan rings is 1. The molecule has 0 radical (unpaired) electrons. The van der Waals surface area contributed by atoms with Gasteiger partial charge in [0.2, 0.25) is 11.8 Å². The van der Waals surface area contributed by atoms with E-state index < -0.39 is 40.7 Å². The van der Waals surface area contributed by atoms with Gasteiger partial charge in [-0.2, -0.15) is 0 Å². The first-order chi connectivity index (χ1) is 15.9. The second-order valence-corrected chi connectivity index (χ2v) is 9.60. The predicted octanol–water partition coefficient (Wildman–Crippen LogP) is 3.00. The lowest BCUT2D eigenvalue weighted by Gasteiger charge is -2.28. The fraction of sp³-hybridized carbons (Fsp3) is 0.273. The standard InChI is InChI=1S/C22H17FN2O6S2/c1-2-30-14(26)10-24-21-18(33-22(24)29)15(13-4-3-9-31-13)16-17(32-21)20(28)25(19(16)27)12-7-5-11(23)6-8-12/h3-9,15-17H,2,10H2,1H3. The van der Waals surface area contributed by atoms with Crippen LogP contribution < -0.4 is 9.77 Å². The molecular formula is C22H17FN2O6S2. The lowest BCUT2D eigenvalue weighted by molar-refractivity contribution is -0.144. The van der Waals surface area contributed by atoms with Crippen molar-refractivity contribution in [3.63, 3.8) is 0 Å². The lowest BCUT2D eigenvalue weighted by atomic mass is 9.87. The molecule has 0 saturated carbocycles. The van der Waals surface area contributed by atoms with Gasteiger partial charge in [0.15, 0.2) is 0 Å². The van der Waals surface area contributed by atoms with E-state index >= 15 is 0 Å². The van der Waals surface area contributed by atoms with Gasteiger partial charge in [0, 0.05) is 0 Å². The van der Waals surface area contributed by atoms with Crippen LogP contribution in [0.25, 0.3) is 0 Å². The Bertz CT molecular complexity index is 1300. The number of rotatable bonds is 5. The Kier molecular flexibility index (Phi) is 5.45. The number of benzene rings is 1. The fourth-order valence-electron chi connectivity index (χ4n) is 4.21. The first-order valence-corrected chi connectivity index (χ1v) is 11.8. The van der Waals surface area contributed by atoms with Gasteiger partial charge in [-0.1, -0.05) is 23.1 Å². The number of hydrogen-bond acceptors (Lipinski definition) is 8. The molecule has 3 unspecified atom stereocenters. The molecule has 3 aromatic rings. The Hall–Kier alpha value is -3.18. The molecule has 2 aliphatic heterocycles. The number of thiazole rings is 1. The minimum absolute atomic E-state index is 0.173. The van der Waals surface area contributed by atoms with Gasteiger partial charge < -0.3 is 9.15 Å². The van der Waals surface area contributed by atoms with Crippen molar-refractivity contribution < 1.29 is 27.9 Å². The van der Waals surface area contributed by atoms with Crippen LogP contribution in [-0.4, -0.2) is 34.2 Å². The Morgan fingerprint density at radius 1 is 1.15 bits per heavy atom. The molecule has 1 aromatic carbocycles. The molecule has 170 valence electrons. The van der Waals surface area contributed by atoms with Crippen LogP contribution in [0.2, 0.25) is 0 Å². The first-order valence-electron chi connectivity index (χ1n) is 10.1. The number of imide groups is 1. The summed E-state index contributed by atoms with van der Waals surface area (Å²) in [4.78, 5) is 53.0. The molecule has 0 spiro atoms. The summed E-state index contributed by atoms with van der Waals surface area (Å²) >= 11 is 2.01. The minimum Gasteiger partial charge on any atom is -0.469 e. The third-order valence-electron chi connectivity index (χ3n) is 5.58. The van der Waals surface area contributed by atoms with Crippen molar-refractivity contribution in [3.05, 3.63) is 68.8 Å². The topological polar surface area (TPSA) is 98.8 Å². The van der Waals surface area contributed by atoms with Gasteiger partial charge in [0.1, 0.15) is 23.4 Å². The van der Waals surface area contributed by atoms with E-state index in [0.717, 1.165) is 28.0 Å². The highest BCUT2D eigenvalue weighted by Crippen LogP contribution is 2.53. The lowest BCUT2D eigenvalue weighted by Crippen LogP contribution is -2.32. The summed E-state index contributed by atoms with van der Waals surface area (Å²) in [6.45, 7) is 1.55. The van der Waals surface area contributed by atoms with Crippen LogP contribution in [0.3, 0.4) is 0 Å². The number of esters is 1. The van der Waals surface area contributed by atoms with Gasteiger partial charge in [0.05, 0.1) is 40.3 Å². The van der Waals surface area contributed by atoms with Gasteiger partial charge in [-0.05, 0) is 43.3 Å². The van der Waals surface area contributed by atoms with E-state index in [9.17, 15) is 23.6 Å². The number of halogens is 1. The van der Waals surface area contributed by atoms with Gasteiger partial charge >= 0.3 is 10.8 Å². The van der Waals surface area contributed by atoms with Crippen molar-refractivity contribution in [1.82, 2.24) is 4.57 Å². The van der Waals surface area contributed by atoms with Crippen molar-refractivity contribution in [2.24, 2.45) is 5.92 Å². The van der Waals surface area contributed by atoms with Crippen LogP contribution in [0.1, 0.15) is 23.5 Å². The van der Waals surface area contributed by atoms with Crippen LogP contribution in [0.4, 0.5) is 10.1 Å². The molecule has 8 nitrogen and oxygen atoms in total. The molecule has 1 saturated heterocycles. The van der Waals surface area contributed by atoms with Gasteiger partial charge in [-0.25, -0.2) is 9.29 Å². The van der Waals surface area contributed by atoms with E-state index in [1.165, 1.54) is 35.1 Å². The fourth-order valence-corrected chi connectivity index (χ4v) is 6.96. The molecule has 2 amide bonds. The smallest absolute Gasteiger partial charge is 0.326 e. The average Bonchev–Trinajstić information content (AvgIpc) is 3.48. The maximum Gasteiger partial charge on any atom is 0.326 e. The number of anilines is 1. The van der Waals surface area contributed by atoms with Crippen LogP contribution >= 0.6 is 23.1 Å². The minimum atomic E-state index is -0.840. The molecule has 11 heteroatoms. The molecule has 2 aliphatic rings. The summed E-state index contributed by atoms with van der Waals surface area (Å²) in [7, 11) is 0.